The highest BCUT2D eigenvalue weighted by atomic mass is 14.6. The maximum Gasteiger partial charge on any atom is 0.0121 e. The summed E-state index contributed by atoms with van der Waals surface area (Å²) in [6.07, 6.45) is 7.48. The van der Waals surface area contributed by atoms with Crippen LogP contribution in [0.5, 0.6) is 0 Å². The van der Waals surface area contributed by atoms with Crippen LogP contribution in [0.15, 0.2) is 158 Å². The predicted octanol–water partition coefficient (Wildman–Crippen LogP) is 12.5. The third-order valence-corrected chi connectivity index (χ3v) is 11.4. The first-order valence-electron chi connectivity index (χ1n) is 16.5. The van der Waals surface area contributed by atoms with Gasteiger partial charge in [0.15, 0.2) is 0 Å². The van der Waals surface area contributed by atoms with Gasteiger partial charge in [-0.15, -0.1) is 0 Å². The fourth-order valence-electron chi connectivity index (χ4n) is 8.59. The second kappa shape index (κ2) is 9.90. The summed E-state index contributed by atoms with van der Waals surface area (Å²) in [7, 11) is 0. The monoisotopic (exact) mass is 588 g/mol. The molecule has 2 aliphatic carbocycles. The highest BCUT2D eigenvalue weighted by Crippen LogP contribution is 2.62. The fourth-order valence-corrected chi connectivity index (χ4v) is 8.59. The van der Waals surface area contributed by atoms with E-state index in [1.54, 1.807) is 0 Å². The molecule has 9 rings (SSSR count). The number of hydrogen-bond acceptors (Lipinski definition) is 0. The summed E-state index contributed by atoms with van der Waals surface area (Å²) < 4.78 is 0. The van der Waals surface area contributed by atoms with Crippen LogP contribution in [0.4, 0.5) is 0 Å². The third-order valence-electron chi connectivity index (χ3n) is 11.4. The molecule has 0 N–H and O–H groups in total. The van der Waals surface area contributed by atoms with E-state index in [0.29, 0.717) is 5.92 Å². The van der Waals surface area contributed by atoms with Crippen molar-refractivity contribution in [1.29, 1.82) is 0 Å². The molecule has 0 aliphatic heterocycles. The Labute approximate surface area is 271 Å². The van der Waals surface area contributed by atoms with Crippen molar-refractivity contribution in [2.24, 2.45) is 5.41 Å². The Hall–Kier alpha value is -5.20. The van der Waals surface area contributed by atoms with Gasteiger partial charge in [-0.1, -0.05) is 172 Å². The second-order valence-electron chi connectivity index (χ2n) is 13.9. The van der Waals surface area contributed by atoms with Crippen LogP contribution in [0.3, 0.4) is 0 Å². The van der Waals surface area contributed by atoms with Crippen molar-refractivity contribution in [3.63, 3.8) is 0 Å². The lowest BCUT2D eigenvalue weighted by molar-refractivity contribution is 0.246. The van der Waals surface area contributed by atoms with Crippen molar-refractivity contribution in [2.45, 2.75) is 32.1 Å². The molecular formula is C46H36. The first-order chi connectivity index (χ1) is 22.4. The first kappa shape index (κ1) is 27.1. The van der Waals surface area contributed by atoms with Crippen LogP contribution >= 0.6 is 0 Å². The fraction of sp³-hybridized carbons (Fsp3) is 0.130. The largest absolute Gasteiger partial charge is 0.0755 e. The molecule has 0 heteroatoms. The molecule has 7 aromatic rings. The average molecular weight is 589 g/mol. The Balaban J connectivity index is 1.22. The van der Waals surface area contributed by atoms with Crippen LogP contribution in [-0.4, -0.2) is 0 Å². The molecule has 0 fully saturated rings. The van der Waals surface area contributed by atoms with Crippen LogP contribution in [0, 0.1) is 5.41 Å². The normalized spacial score (nSPS) is 19.7. The Morgan fingerprint density at radius 3 is 1.72 bits per heavy atom. The molecule has 0 amide bonds. The molecule has 7 aromatic carbocycles. The number of fused-ring (bicyclic) bond motifs is 6. The van der Waals surface area contributed by atoms with Gasteiger partial charge in [-0.25, -0.2) is 0 Å². The molecule has 46 heavy (non-hydrogen) atoms. The summed E-state index contributed by atoms with van der Waals surface area (Å²) in [6, 6.07) is 51.6. The summed E-state index contributed by atoms with van der Waals surface area (Å²) in [5.41, 5.74) is 10.6. The Kier molecular flexibility index (Phi) is 5.84. The zero-order valence-electron chi connectivity index (χ0n) is 26.6. The maximum atomic E-state index is 2.60. The predicted molar refractivity (Wildman–Crippen MR) is 197 cm³/mol. The molecule has 1 unspecified atom stereocenters. The zero-order valence-corrected chi connectivity index (χ0v) is 26.6. The quantitative estimate of drug-likeness (QED) is 0.180. The molecule has 0 heterocycles. The van der Waals surface area contributed by atoms with Gasteiger partial charge in [0.1, 0.15) is 0 Å². The SMILES string of the molecule is CC1(C)c2ccccc2C2C=CC(c3c4ccccc4c(-c4ccc(-c5ccc6ccccc6c5)cc4)c4ccccc34)=C[C@]21C. The van der Waals surface area contributed by atoms with E-state index >= 15 is 0 Å². The molecule has 220 valence electrons. The standard InChI is InChI=1S/C46H36/c1-45(2)41-19-11-10-18-40(41)42-27-26-35(29-46(42,45)3)44-38-16-8-6-14-36(38)43(37-15-7-9-17-39(37)44)32-23-20-31(21-24-32)34-25-22-30-12-4-5-13-33(30)28-34/h4-29,42H,1-3H3/t42?,46-/m1/s1. The van der Waals surface area contributed by atoms with Gasteiger partial charge in [0.05, 0.1) is 0 Å². The molecule has 0 radical (unpaired) electrons. The molecule has 0 bridgehead atoms. The van der Waals surface area contributed by atoms with Crippen molar-refractivity contribution in [3.05, 3.63) is 174 Å². The van der Waals surface area contributed by atoms with Crippen molar-refractivity contribution in [1.82, 2.24) is 0 Å². The Morgan fingerprint density at radius 1 is 0.478 bits per heavy atom. The van der Waals surface area contributed by atoms with E-state index in [0.717, 1.165) is 0 Å². The van der Waals surface area contributed by atoms with Crippen molar-refractivity contribution < 1.29 is 0 Å². The highest BCUT2D eigenvalue weighted by molar-refractivity contribution is 6.19. The average Bonchev–Trinajstić information content (AvgIpc) is 3.28. The number of benzene rings is 7. The molecule has 0 nitrogen and oxygen atoms in total. The number of rotatable bonds is 3. The van der Waals surface area contributed by atoms with Crippen LogP contribution in [-0.2, 0) is 5.41 Å². The van der Waals surface area contributed by atoms with Gasteiger partial charge in [-0.2, -0.15) is 0 Å². The van der Waals surface area contributed by atoms with Gasteiger partial charge >= 0.3 is 0 Å². The van der Waals surface area contributed by atoms with Crippen LogP contribution in [0.25, 0.3) is 60.1 Å². The minimum atomic E-state index is -0.0275. The second-order valence-corrected chi connectivity index (χ2v) is 13.9. The lowest BCUT2D eigenvalue weighted by Crippen LogP contribution is -2.36. The minimum Gasteiger partial charge on any atom is -0.0755 e. The van der Waals surface area contributed by atoms with Crippen molar-refractivity contribution >= 4 is 37.9 Å². The topological polar surface area (TPSA) is 0 Å². The van der Waals surface area contributed by atoms with E-state index in [1.807, 2.05) is 0 Å². The summed E-state index contributed by atoms with van der Waals surface area (Å²) in [4.78, 5) is 0. The first-order valence-corrected chi connectivity index (χ1v) is 16.5. The summed E-state index contributed by atoms with van der Waals surface area (Å²) in [5, 5.41) is 7.75. The number of allylic oxidation sites excluding steroid dienone is 4. The van der Waals surface area contributed by atoms with E-state index in [1.165, 1.54) is 76.8 Å². The van der Waals surface area contributed by atoms with Crippen molar-refractivity contribution in [3.8, 4) is 22.3 Å². The van der Waals surface area contributed by atoms with Crippen LogP contribution < -0.4 is 0 Å². The highest BCUT2D eigenvalue weighted by Gasteiger charge is 2.53. The Morgan fingerprint density at radius 2 is 1.02 bits per heavy atom. The lowest BCUT2D eigenvalue weighted by Gasteiger charge is -2.42. The van der Waals surface area contributed by atoms with Gasteiger partial charge in [0.2, 0.25) is 0 Å². The van der Waals surface area contributed by atoms with Gasteiger partial charge in [0.25, 0.3) is 0 Å². The van der Waals surface area contributed by atoms with E-state index in [2.05, 4.69) is 179 Å². The van der Waals surface area contributed by atoms with Crippen LogP contribution in [0.2, 0.25) is 0 Å². The van der Waals surface area contributed by atoms with Gasteiger partial charge in [-0.3, -0.25) is 0 Å². The van der Waals surface area contributed by atoms with Gasteiger partial charge < -0.3 is 0 Å². The molecule has 2 atom stereocenters. The summed E-state index contributed by atoms with van der Waals surface area (Å²) in [5.74, 6) is 0.375. The molecule has 0 aromatic heterocycles. The van der Waals surface area contributed by atoms with Crippen molar-refractivity contribution in [2.75, 3.05) is 0 Å². The Bertz CT molecular complexity index is 2340. The molecule has 0 spiro atoms. The third kappa shape index (κ3) is 3.80. The van der Waals surface area contributed by atoms with Gasteiger partial charge in [0, 0.05) is 11.3 Å². The lowest BCUT2D eigenvalue weighted by atomic mass is 9.61. The smallest absolute Gasteiger partial charge is 0.0121 e. The maximum absolute atomic E-state index is 2.60. The minimum absolute atomic E-state index is 0.0165. The summed E-state index contributed by atoms with van der Waals surface area (Å²) >= 11 is 0. The molecular weight excluding hydrogens is 553 g/mol. The zero-order chi connectivity index (χ0) is 31.0. The molecule has 2 aliphatic rings. The molecule has 0 saturated carbocycles. The van der Waals surface area contributed by atoms with E-state index in [9.17, 15) is 0 Å². The molecule has 0 saturated heterocycles. The summed E-state index contributed by atoms with van der Waals surface area (Å²) in [6.45, 7) is 7.33. The number of hydrogen-bond donors (Lipinski definition) is 0. The van der Waals surface area contributed by atoms with Gasteiger partial charge in [-0.05, 0) is 88.3 Å². The van der Waals surface area contributed by atoms with E-state index < -0.39 is 0 Å². The van der Waals surface area contributed by atoms with E-state index in [-0.39, 0.29) is 10.8 Å². The van der Waals surface area contributed by atoms with E-state index in [4.69, 9.17) is 0 Å². The van der Waals surface area contributed by atoms with Crippen LogP contribution in [0.1, 0.15) is 43.4 Å².